The van der Waals surface area contributed by atoms with Crippen LogP contribution in [0.2, 0.25) is 0 Å². The minimum atomic E-state index is -0.560. The summed E-state index contributed by atoms with van der Waals surface area (Å²) >= 11 is 3.36. The molecule has 0 aromatic heterocycles. The zero-order chi connectivity index (χ0) is 11.4. The van der Waals surface area contributed by atoms with Gasteiger partial charge in [0, 0.05) is 15.7 Å². The predicted octanol–water partition coefficient (Wildman–Crippen LogP) is 3.42. The molecule has 0 saturated carbocycles. The molecule has 1 rings (SSSR count). The van der Waals surface area contributed by atoms with Gasteiger partial charge in [-0.25, -0.2) is 0 Å². The Balaban J connectivity index is 2.85. The van der Waals surface area contributed by atoms with Gasteiger partial charge in [-0.15, -0.1) is 0 Å². The summed E-state index contributed by atoms with van der Waals surface area (Å²) in [4.78, 5) is 0. The molecular formula is C12H16BrNO. The van der Waals surface area contributed by atoms with Crippen LogP contribution in [0.25, 0.3) is 0 Å². The maximum absolute atomic E-state index is 9.97. The summed E-state index contributed by atoms with van der Waals surface area (Å²) in [5.74, 6) is 0. The number of benzene rings is 1. The fourth-order valence-corrected chi connectivity index (χ4v) is 1.74. The van der Waals surface area contributed by atoms with Gasteiger partial charge in [0.05, 0.1) is 6.10 Å². The second-order valence-corrected chi connectivity index (χ2v) is 4.51. The van der Waals surface area contributed by atoms with Crippen LogP contribution in [0, 0.1) is 0 Å². The normalized spacial score (nSPS) is 12.5. The average molecular weight is 270 g/mol. The number of rotatable bonds is 4. The number of aliphatic hydroxyl groups excluding tert-OH is 1. The van der Waals surface area contributed by atoms with Gasteiger partial charge in [0.25, 0.3) is 0 Å². The molecule has 0 heterocycles. The minimum Gasteiger partial charge on any atom is -0.398 e. The summed E-state index contributed by atoms with van der Waals surface area (Å²) < 4.78 is 0.924. The molecule has 0 saturated heterocycles. The monoisotopic (exact) mass is 269 g/mol. The molecule has 0 aliphatic carbocycles. The van der Waals surface area contributed by atoms with Crippen molar-refractivity contribution in [2.75, 3.05) is 5.73 Å². The van der Waals surface area contributed by atoms with Gasteiger partial charge in [0.1, 0.15) is 0 Å². The van der Waals surface area contributed by atoms with Crippen LogP contribution in [0.1, 0.15) is 31.4 Å². The molecule has 0 amide bonds. The third-order valence-corrected chi connectivity index (χ3v) is 2.88. The molecule has 0 aliphatic heterocycles. The first-order valence-electron chi connectivity index (χ1n) is 4.94. The average Bonchev–Trinajstić information content (AvgIpc) is 2.21. The molecule has 0 bridgehead atoms. The van der Waals surface area contributed by atoms with E-state index >= 15 is 0 Å². The van der Waals surface area contributed by atoms with Crippen LogP contribution >= 0.6 is 15.9 Å². The van der Waals surface area contributed by atoms with Crippen LogP contribution in [0.3, 0.4) is 0 Å². The van der Waals surface area contributed by atoms with E-state index in [1.807, 2.05) is 19.1 Å². The molecule has 2 nitrogen and oxygen atoms in total. The van der Waals surface area contributed by atoms with E-state index < -0.39 is 6.10 Å². The van der Waals surface area contributed by atoms with E-state index in [1.54, 1.807) is 6.07 Å². The Kier molecular flexibility index (Phi) is 4.36. The molecule has 0 fully saturated rings. The Bertz CT molecular complexity index is 363. The lowest BCUT2D eigenvalue weighted by Gasteiger charge is -2.14. The lowest BCUT2D eigenvalue weighted by Crippen LogP contribution is -2.03. The number of hydrogen-bond acceptors (Lipinski definition) is 2. The van der Waals surface area contributed by atoms with Crippen molar-refractivity contribution in [3.8, 4) is 0 Å². The maximum Gasteiger partial charge on any atom is 0.0847 e. The zero-order valence-corrected chi connectivity index (χ0v) is 10.4. The molecule has 1 atom stereocenters. The molecular weight excluding hydrogens is 254 g/mol. The largest absolute Gasteiger partial charge is 0.398 e. The number of nitrogens with two attached hydrogens (primary N) is 1. The molecule has 1 aromatic rings. The van der Waals surface area contributed by atoms with Crippen LogP contribution < -0.4 is 5.73 Å². The summed E-state index contributed by atoms with van der Waals surface area (Å²) in [5.41, 5.74) is 8.21. The topological polar surface area (TPSA) is 46.2 Å². The molecule has 0 radical (unpaired) electrons. The van der Waals surface area contributed by atoms with E-state index in [0.717, 1.165) is 22.0 Å². The van der Waals surface area contributed by atoms with Gasteiger partial charge in [0.2, 0.25) is 0 Å². The quantitative estimate of drug-likeness (QED) is 0.650. The Morgan fingerprint density at radius 3 is 2.87 bits per heavy atom. The zero-order valence-electron chi connectivity index (χ0n) is 8.83. The second kappa shape index (κ2) is 5.33. The molecule has 0 aliphatic rings. The number of halogens is 1. The number of nitrogen functional groups attached to an aromatic ring is 1. The summed E-state index contributed by atoms with van der Waals surface area (Å²) in [7, 11) is 0. The van der Waals surface area contributed by atoms with Crippen LogP contribution in [0.5, 0.6) is 0 Å². The van der Waals surface area contributed by atoms with E-state index in [1.165, 1.54) is 0 Å². The Morgan fingerprint density at radius 1 is 1.60 bits per heavy atom. The highest BCUT2D eigenvalue weighted by atomic mass is 79.9. The SMILES string of the molecule is C=C(CC)CC(O)c1cc(Br)ccc1N. The lowest BCUT2D eigenvalue weighted by atomic mass is 10.00. The van der Waals surface area contributed by atoms with Crippen LogP contribution in [-0.4, -0.2) is 5.11 Å². The van der Waals surface area contributed by atoms with Crippen molar-refractivity contribution >= 4 is 21.6 Å². The molecule has 15 heavy (non-hydrogen) atoms. The predicted molar refractivity (Wildman–Crippen MR) is 67.6 cm³/mol. The van der Waals surface area contributed by atoms with Crippen molar-refractivity contribution < 1.29 is 5.11 Å². The highest BCUT2D eigenvalue weighted by Gasteiger charge is 2.12. The van der Waals surface area contributed by atoms with Gasteiger partial charge in [-0.05, 0) is 31.0 Å². The summed E-state index contributed by atoms with van der Waals surface area (Å²) in [6.07, 6.45) is 0.886. The summed E-state index contributed by atoms with van der Waals surface area (Å²) in [6.45, 7) is 5.91. The number of aliphatic hydroxyl groups is 1. The highest BCUT2D eigenvalue weighted by Crippen LogP contribution is 2.28. The van der Waals surface area contributed by atoms with Gasteiger partial charge >= 0.3 is 0 Å². The van der Waals surface area contributed by atoms with Gasteiger partial charge < -0.3 is 10.8 Å². The molecule has 3 heteroatoms. The fourth-order valence-electron chi connectivity index (χ4n) is 1.36. The fraction of sp³-hybridized carbons (Fsp3) is 0.333. The van der Waals surface area contributed by atoms with Crippen molar-refractivity contribution in [2.24, 2.45) is 0 Å². The van der Waals surface area contributed by atoms with Crippen molar-refractivity contribution in [1.29, 1.82) is 0 Å². The molecule has 3 N–H and O–H groups in total. The van der Waals surface area contributed by atoms with E-state index in [-0.39, 0.29) is 0 Å². The van der Waals surface area contributed by atoms with E-state index in [2.05, 4.69) is 22.5 Å². The van der Waals surface area contributed by atoms with Crippen molar-refractivity contribution in [3.05, 3.63) is 40.4 Å². The summed E-state index contributed by atoms with van der Waals surface area (Å²) in [5, 5.41) is 9.97. The first-order chi connectivity index (χ1) is 7.04. The standard InChI is InChI=1S/C12H16BrNO/c1-3-8(2)6-12(15)10-7-9(13)4-5-11(10)14/h4-5,7,12,15H,2-3,6,14H2,1H3. The highest BCUT2D eigenvalue weighted by molar-refractivity contribution is 9.10. The second-order valence-electron chi connectivity index (χ2n) is 3.60. The van der Waals surface area contributed by atoms with Crippen molar-refractivity contribution in [3.63, 3.8) is 0 Å². The lowest BCUT2D eigenvalue weighted by molar-refractivity contribution is 0.178. The molecule has 0 spiro atoms. The third kappa shape index (κ3) is 3.36. The Labute approximate surface area is 98.9 Å². The Hall–Kier alpha value is -0.800. The van der Waals surface area contributed by atoms with E-state index in [9.17, 15) is 5.11 Å². The first kappa shape index (κ1) is 12.3. The molecule has 82 valence electrons. The third-order valence-electron chi connectivity index (χ3n) is 2.39. The molecule has 1 aromatic carbocycles. The number of anilines is 1. The van der Waals surface area contributed by atoms with Crippen LogP contribution in [0.4, 0.5) is 5.69 Å². The smallest absolute Gasteiger partial charge is 0.0847 e. The Morgan fingerprint density at radius 2 is 2.27 bits per heavy atom. The molecule has 1 unspecified atom stereocenters. The van der Waals surface area contributed by atoms with E-state index in [0.29, 0.717) is 12.1 Å². The van der Waals surface area contributed by atoms with Gasteiger partial charge in [0.15, 0.2) is 0 Å². The summed E-state index contributed by atoms with van der Waals surface area (Å²) in [6, 6.07) is 5.50. The minimum absolute atomic E-state index is 0.560. The van der Waals surface area contributed by atoms with Gasteiger partial charge in [-0.3, -0.25) is 0 Å². The van der Waals surface area contributed by atoms with Crippen molar-refractivity contribution in [1.82, 2.24) is 0 Å². The van der Waals surface area contributed by atoms with Crippen molar-refractivity contribution in [2.45, 2.75) is 25.9 Å². The van der Waals surface area contributed by atoms with Gasteiger partial charge in [-0.2, -0.15) is 0 Å². The van der Waals surface area contributed by atoms with Gasteiger partial charge in [-0.1, -0.05) is 35.0 Å². The van der Waals surface area contributed by atoms with Crippen LogP contribution in [-0.2, 0) is 0 Å². The van der Waals surface area contributed by atoms with Crippen LogP contribution in [0.15, 0.2) is 34.8 Å². The van der Waals surface area contributed by atoms with E-state index in [4.69, 9.17) is 5.73 Å². The maximum atomic E-state index is 9.97. The number of hydrogen-bond donors (Lipinski definition) is 2. The first-order valence-corrected chi connectivity index (χ1v) is 5.73.